The van der Waals surface area contributed by atoms with Crippen LogP contribution in [0.5, 0.6) is 0 Å². The van der Waals surface area contributed by atoms with Gasteiger partial charge in [0.05, 0.1) is 6.61 Å². The Bertz CT molecular complexity index is 546. The number of carbonyl (C=O) groups excluding carboxylic acids is 1. The van der Waals surface area contributed by atoms with Crippen molar-refractivity contribution in [1.29, 1.82) is 0 Å². The first-order valence-electron chi connectivity index (χ1n) is 5.99. The predicted octanol–water partition coefficient (Wildman–Crippen LogP) is 3.55. The first-order valence-corrected chi connectivity index (χ1v) is 6.43. The lowest BCUT2D eigenvalue weighted by molar-refractivity contribution is -0.142. The smallest absolute Gasteiger partial charge is 0.324 e. The number of carbonyl (C=O) groups is 1. The fraction of sp³-hybridized carbons (Fsp3) is 0.267. The highest BCUT2D eigenvalue weighted by atomic mass is 35.5. The molecule has 0 N–H and O–H groups in total. The number of ether oxygens (including phenoxy) is 1. The lowest BCUT2D eigenvalue weighted by Gasteiger charge is -2.10. The standard InChI is InChI=1S/C15H15ClO2/c1-2-18-15(17)14(16)10-12-8-5-7-11-6-3-4-9-13(11)12/h3-9,14H,2,10H2,1H3. The zero-order chi connectivity index (χ0) is 13.0. The highest BCUT2D eigenvalue weighted by molar-refractivity contribution is 6.30. The van der Waals surface area contributed by atoms with E-state index in [2.05, 4.69) is 0 Å². The van der Waals surface area contributed by atoms with E-state index in [9.17, 15) is 4.79 Å². The molecule has 0 amide bonds. The monoisotopic (exact) mass is 262 g/mol. The summed E-state index contributed by atoms with van der Waals surface area (Å²) in [4.78, 5) is 11.5. The van der Waals surface area contributed by atoms with Gasteiger partial charge in [-0.3, -0.25) is 4.79 Å². The van der Waals surface area contributed by atoms with E-state index >= 15 is 0 Å². The second-order valence-electron chi connectivity index (χ2n) is 4.06. The number of fused-ring (bicyclic) bond motifs is 1. The largest absolute Gasteiger partial charge is 0.465 e. The third-order valence-corrected chi connectivity index (χ3v) is 3.15. The molecule has 0 aliphatic heterocycles. The average molecular weight is 263 g/mol. The molecule has 18 heavy (non-hydrogen) atoms. The van der Waals surface area contributed by atoms with Gasteiger partial charge in [0.1, 0.15) is 5.38 Å². The quantitative estimate of drug-likeness (QED) is 0.622. The molecule has 0 heterocycles. The van der Waals surface area contributed by atoms with E-state index in [1.807, 2.05) is 42.5 Å². The van der Waals surface area contributed by atoms with Crippen molar-refractivity contribution in [2.75, 3.05) is 6.61 Å². The Kier molecular flexibility index (Phi) is 4.21. The summed E-state index contributed by atoms with van der Waals surface area (Å²) in [5.41, 5.74) is 1.07. The topological polar surface area (TPSA) is 26.3 Å². The molecular weight excluding hydrogens is 248 g/mol. The zero-order valence-corrected chi connectivity index (χ0v) is 11.0. The van der Waals surface area contributed by atoms with Crippen molar-refractivity contribution in [2.24, 2.45) is 0 Å². The van der Waals surface area contributed by atoms with Crippen LogP contribution in [0, 0.1) is 0 Å². The highest BCUT2D eigenvalue weighted by Gasteiger charge is 2.17. The van der Waals surface area contributed by atoms with E-state index in [-0.39, 0.29) is 5.97 Å². The van der Waals surface area contributed by atoms with Crippen LogP contribution in [0.4, 0.5) is 0 Å². The molecule has 0 saturated heterocycles. The summed E-state index contributed by atoms with van der Waals surface area (Å²) in [6.07, 6.45) is 0.488. The van der Waals surface area contributed by atoms with Crippen LogP contribution in [0.25, 0.3) is 10.8 Å². The Labute approximate surface area is 112 Å². The third-order valence-electron chi connectivity index (χ3n) is 2.82. The van der Waals surface area contributed by atoms with Crippen molar-refractivity contribution in [3.05, 3.63) is 48.0 Å². The van der Waals surface area contributed by atoms with Crippen LogP contribution in [0.3, 0.4) is 0 Å². The van der Waals surface area contributed by atoms with Crippen molar-refractivity contribution >= 4 is 28.3 Å². The summed E-state index contributed by atoms with van der Waals surface area (Å²) < 4.78 is 4.92. The van der Waals surface area contributed by atoms with Gasteiger partial charge in [0.2, 0.25) is 0 Å². The van der Waals surface area contributed by atoms with Gasteiger partial charge < -0.3 is 4.74 Å². The Morgan fingerprint density at radius 3 is 2.72 bits per heavy atom. The summed E-state index contributed by atoms with van der Waals surface area (Å²) in [5.74, 6) is -0.355. The van der Waals surface area contributed by atoms with E-state index in [0.717, 1.165) is 16.3 Å². The van der Waals surface area contributed by atoms with Crippen LogP contribution >= 0.6 is 11.6 Å². The maximum absolute atomic E-state index is 11.5. The fourth-order valence-electron chi connectivity index (χ4n) is 1.98. The molecule has 0 radical (unpaired) electrons. The van der Waals surface area contributed by atoms with Gasteiger partial charge in [-0.25, -0.2) is 0 Å². The average Bonchev–Trinajstić information content (AvgIpc) is 2.39. The molecule has 1 unspecified atom stereocenters. The van der Waals surface area contributed by atoms with Crippen molar-refractivity contribution in [1.82, 2.24) is 0 Å². The summed E-state index contributed by atoms with van der Waals surface area (Å²) in [7, 11) is 0. The van der Waals surface area contributed by atoms with Crippen molar-refractivity contribution < 1.29 is 9.53 Å². The van der Waals surface area contributed by atoms with Gasteiger partial charge in [-0.15, -0.1) is 11.6 Å². The molecule has 0 aliphatic carbocycles. The zero-order valence-electron chi connectivity index (χ0n) is 10.2. The molecule has 2 rings (SSSR count). The van der Waals surface area contributed by atoms with Crippen LogP contribution < -0.4 is 0 Å². The molecule has 0 spiro atoms. The minimum absolute atomic E-state index is 0.355. The normalized spacial score (nSPS) is 12.3. The van der Waals surface area contributed by atoms with Gasteiger partial charge in [0, 0.05) is 6.42 Å². The third kappa shape index (κ3) is 2.82. The van der Waals surface area contributed by atoms with Gasteiger partial charge in [0.25, 0.3) is 0 Å². The summed E-state index contributed by atoms with van der Waals surface area (Å²) in [5, 5.41) is 1.66. The molecule has 1 atom stereocenters. The second kappa shape index (κ2) is 5.87. The van der Waals surface area contributed by atoms with Crippen LogP contribution in [0.2, 0.25) is 0 Å². The maximum Gasteiger partial charge on any atom is 0.324 e. The summed E-state index contributed by atoms with van der Waals surface area (Å²) in [6, 6.07) is 14.1. The van der Waals surface area contributed by atoms with Gasteiger partial charge in [-0.1, -0.05) is 42.5 Å². The van der Waals surface area contributed by atoms with Crippen LogP contribution in [0.1, 0.15) is 12.5 Å². The van der Waals surface area contributed by atoms with Gasteiger partial charge in [-0.2, -0.15) is 0 Å². The summed E-state index contributed by atoms with van der Waals surface area (Å²) in [6.45, 7) is 2.14. The van der Waals surface area contributed by atoms with Gasteiger partial charge >= 0.3 is 5.97 Å². The van der Waals surface area contributed by atoms with Crippen molar-refractivity contribution in [2.45, 2.75) is 18.7 Å². The molecule has 3 heteroatoms. The first-order chi connectivity index (χ1) is 8.72. The number of hydrogen-bond donors (Lipinski definition) is 0. The molecule has 0 fully saturated rings. The number of rotatable bonds is 4. The van der Waals surface area contributed by atoms with E-state index in [1.165, 1.54) is 0 Å². The SMILES string of the molecule is CCOC(=O)C(Cl)Cc1cccc2ccccc12. The molecule has 0 saturated carbocycles. The Morgan fingerprint density at radius 2 is 1.94 bits per heavy atom. The van der Waals surface area contributed by atoms with Gasteiger partial charge in [0.15, 0.2) is 0 Å². The lowest BCUT2D eigenvalue weighted by atomic mass is 10.0. The molecule has 2 nitrogen and oxygen atoms in total. The van der Waals surface area contributed by atoms with Gasteiger partial charge in [-0.05, 0) is 23.3 Å². The molecule has 0 aliphatic rings. The number of hydrogen-bond acceptors (Lipinski definition) is 2. The Balaban J connectivity index is 2.24. The van der Waals surface area contributed by atoms with Crippen molar-refractivity contribution in [3.63, 3.8) is 0 Å². The Hall–Kier alpha value is -1.54. The lowest BCUT2D eigenvalue weighted by Crippen LogP contribution is -2.20. The molecule has 0 aromatic heterocycles. The minimum Gasteiger partial charge on any atom is -0.465 e. The van der Waals surface area contributed by atoms with Crippen LogP contribution in [-0.4, -0.2) is 18.0 Å². The van der Waals surface area contributed by atoms with Crippen LogP contribution in [0.15, 0.2) is 42.5 Å². The molecule has 94 valence electrons. The minimum atomic E-state index is -0.629. The second-order valence-corrected chi connectivity index (χ2v) is 4.59. The predicted molar refractivity (Wildman–Crippen MR) is 73.9 cm³/mol. The summed E-state index contributed by atoms with van der Waals surface area (Å²) >= 11 is 6.07. The van der Waals surface area contributed by atoms with E-state index < -0.39 is 5.38 Å². The van der Waals surface area contributed by atoms with E-state index in [0.29, 0.717) is 13.0 Å². The molecule has 2 aromatic carbocycles. The van der Waals surface area contributed by atoms with Crippen molar-refractivity contribution in [3.8, 4) is 0 Å². The molecule has 0 bridgehead atoms. The number of esters is 1. The number of alkyl halides is 1. The number of halogens is 1. The van der Waals surface area contributed by atoms with Crippen LogP contribution in [-0.2, 0) is 16.0 Å². The maximum atomic E-state index is 11.5. The first kappa shape index (κ1) is 12.9. The Morgan fingerprint density at radius 1 is 1.22 bits per heavy atom. The van der Waals surface area contributed by atoms with E-state index in [1.54, 1.807) is 6.92 Å². The fourth-order valence-corrected chi connectivity index (χ4v) is 2.21. The molecule has 2 aromatic rings. The number of benzene rings is 2. The molecular formula is C15H15ClO2. The highest BCUT2D eigenvalue weighted by Crippen LogP contribution is 2.21. The van der Waals surface area contributed by atoms with E-state index in [4.69, 9.17) is 16.3 Å².